The van der Waals surface area contributed by atoms with Crippen molar-refractivity contribution in [3.63, 3.8) is 0 Å². The van der Waals surface area contributed by atoms with Crippen molar-refractivity contribution in [2.24, 2.45) is 0 Å². The number of aromatic nitrogens is 2. The molecule has 152 valence electrons. The number of nitrogens with zero attached hydrogens (tertiary/aromatic N) is 3. The van der Waals surface area contributed by atoms with Gasteiger partial charge in [0, 0.05) is 0 Å². The highest BCUT2D eigenvalue weighted by Crippen LogP contribution is 2.21. The summed E-state index contributed by atoms with van der Waals surface area (Å²) in [6, 6.07) is 4.58. The lowest BCUT2D eigenvalue weighted by Gasteiger charge is -2.33. The molecule has 1 saturated heterocycles. The first kappa shape index (κ1) is 20.4. The van der Waals surface area contributed by atoms with Crippen molar-refractivity contribution < 1.29 is 14.3 Å². The first-order valence-corrected chi connectivity index (χ1v) is 9.59. The molecule has 0 aliphatic carbocycles. The average Bonchev–Trinajstić information content (AvgIpc) is 2.60. The van der Waals surface area contributed by atoms with Crippen LogP contribution in [0.4, 0.5) is 4.79 Å². The standard InChI is InChI=1S/C19H25ClN4O4/c1-12(21-18(26)28-19(2,3)4)16-22-14-7-5-6-13(20)15(14)17(25)24(16)23-8-10-27-11-9-23/h5-7,12H,8-11H2,1-4H3,(H,21,26)/t12-/m0/s1. The topological polar surface area (TPSA) is 85.7 Å². The molecule has 1 N–H and O–H groups in total. The van der Waals surface area contributed by atoms with Gasteiger partial charge in [0.15, 0.2) is 5.82 Å². The van der Waals surface area contributed by atoms with E-state index in [9.17, 15) is 9.59 Å². The second-order valence-electron chi connectivity index (χ2n) is 7.65. The van der Waals surface area contributed by atoms with Crippen molar-refractivity contribution in [2.75, 3.05) is 31.3 Å². The molecule has 2 heterocycles. The molecule has 9 heteroatoms. The number of carbonyl (C=O) groups is 1. The fourth-order valence-electron chi connectivity index (χ4n) is 3.05. The number of amides is 1. The first-order chi connectivity index (χ1) is 13.2. The second kappa shape index (κ2) is 7.97. The van der Waals surface area contributed by atoms with Crippen LogP contribution in [0.1, 0.15) is 39.6 Å². The van der Waals surface area contributed by atoms with Gasteiger partial charge >= 0.3 is 6.09 Å². The van der Waals surface area contributed by atoms with Gasteiger partial charge in [-0.15, -0.1) is 0 Å². The van der Waals surface area contributed by atoms with Crippen LogP contribution in [0.15, 0.2) is 23.0 Å². The van der Waals surface area contributed by atoms with Crippen molar-refractivity contribution in [2.45, 2.75) is 39.3 Å². The molecule has 1 amide bonds. The van der Waals surface area contributed by atoms with E-state index in [-0.39, 0.29) is 5.56 Å². The summed E-state index contributed by atoms with van der Waals surface area (Å²) in [6.07, 6.45) is -0.575. The van der Waals surface area contributed by atoms with Crippen LogP contribution in [0.25, 0.3) is 10.9 Å². The maximum Gasteiger partial charge on any atom is 0.408 e. The number of carbonyl (C=O) groups excluding carboxylic acids is 1. The number of ether oxygens (including phenoxy) is 2. The lowest BCUT2D eigenvalue weighted by molar-refractivity contribution is 0.0503. The quantitative estimate of drug-likeness (QED) is 0.840. The molecule has 8 nitrogen and oxygen atoms in total. The third kappa shape index (κ3) is 4.39. The number of halogens is 1. The van der Waals surface area contributed by atoms with Gasteiger partial charge in [-0.3, -0.25) is 4.79 Å². The van der Waals surface area contributed by atoms with Gasteiger partial charge in [0.25, 0.3) is 5.56 Å². The van der Waals surface area contributed by atoms with E-state index < -0.39 is 17.7 Å². The Morgan fingerprint density at radius 2 is 2.00 bits per heavy atom. The fraction of sp³-hybridized carbons (Fsp3) is 0.526. The number of nitrogens with one attached hydrogen (secondary N) is 1. The Morgan fingerprint density at radius 3 is 2.64 bits per heavy atom. The molecule has 1 fully saturated rings. The number of rotatable bonds is 3. The minimum absolute atomic E-state index is 0.273. The smallest absolute Gasteiger partial charge is 0.408 e. The van der Waals surface area contributed by atoms with Gasteiger partial charge in [0.05, 0.1) is 48.3 Å². The molecule has 0 spiro atoms. The first-order valence-electron chi connectivity index (χ1n) is 9.21. The maximum absolute atomic E-state index is 13.3. The zero-order valence-corrected chi connectivity index (χ0v) is 17.2. The van der Waals surface area contributed by atoms with Crippen molar-refractivity contribution >= 4 is 28.6 Å². The molecule has 1 aromatic carbocycles. The predicted octanol–water partition coefficient (Wildman–Crippen LogP) is 2.60. The minimum Gasteiger partial charge on any atom is -0.444 e. The summed E-state index contributed by atoms with van der Waals surface area (Å²) in [4.78, 5) is 30.2. The highest BCUT2D eigenvalue weighted by molar-refractivity contribution is 6.35. The summed E-state index contributed by atoms with van der Waals surface area (Å²) in [6.45, 7) is 9.19. The van der Waals surface area contributed by atoms with Crippen molar-refractivity contribution in [1.29, 1.82) is 0 Å². The molecular formula is C19H25ClN4O4. The third-order valence-corrected chi connectivity index (χ3v) is 4.56. The highest BCUT2D eigenvalue weighted by Gasteiger charge is 2.25. The van der Waals surface area contributed by atoms with E-state index >= 15 is 0 Å². The van der Waals surface area contributed by atoms with Crippen LogP contribution in [0.3, 0.4) is 0 Å². The summed E-state index contributed by atoms with van der Waals surface area (Å²) >= 11 is 6.28. The number of morpholine rings is 1. The van der Waals surface area contributed by atoms with Gasteiger partial charge in [-0.05, 0) is 39.8 Å². The van der Waals surface area contributed by atoms with Gasteiger partial charge in [-0.2, -0.15) is 0 Å². The maximum atomic E-state index is 13.3. The van der Waals surface area contributed by atoms with Gasteiger partial charge in [0.1, 0.15) is 5.60 Å². The second-order valence-corrected chi connectivity index (χ2v) is 8.06. The van der Waals surface area contributed by atoms with E-state index in [4.69, 9.17) is 21.1 Å². The molecule has 1 atom stereocenters. The van der Waals surface area contributed by atoms with E-state index in [1.807, 2.05) is 5.01 Å². The number of fused-ring (bicyclic) bond motifs is 1. The van der Waals surface area contributed by atoms with Gasteiger partial charge in [-0.25, -0.2) is 14.5 Å². The average molecular weight is 409 g/mol. The summed E-state index contributed by atoms with van der Waals surface area (Å²) in [5.74, 6) is 0.410. The van der Waals surface area contributed by atoms with Crippen LogP contribution in [0.2, 0.25) is 5.02 Å². The molecule has 1 aromatic heterocycles. The third-order valence-electron chi connectivity index (χ3n) is 4.24. The van der Waals surface area contributed by atoms with Crippen LogP contribution in [-0.4, -0.2) is 47.7 Å². The number of alkyl carbamates (subject to hydrolysis) is 1. The fourth-order valence-corrected chi connectivity index (χ4v) is 3.30. The van der Waals surface area contributed by atoms with E-state index in [1.54, 1.807) is 45.9 Å². The molecule has 0 saturated carbocycles. The van der Waals surface area contributed by atoms with Crippen LogP contribution >= 0.6 is 11.6 Å². The van der Waals surface area contributed by atoms with Crippen LogP contribution in [0, 0.1) is 0 Å². The highest BCUT2D eigenvalue weighted by atomic mass is 35.5. The Balaban J connectivity index is 2.06. The molecular weight excluding hydrogens is 384 g/mol. The number of hydrogen-bond donors (Lipinski definition) is 1. The Kier molecular flexibility index (Phi) is 5.81. The lowest BCUT2D eigenvalue weighted by atomic mass is 10.2. The summed E-state index contributed by atoms with van der Waals surface area (Å²) in [7, 11) is 0. The van der Waals surface area contributed by atoms with E-state index in [0.717, 1.165) is 0 Å². The zero-order valence-electron chi connectivity index (χ0n) is 16.5. The van der Waals surface area contributed by atoms with E-state index in [0.29, 0.717) is 48.1 Å². The summed E-state index contributed by atoms with van der Waals surface area (Å²) in [5.41, 5.74) is -0.418. The zero-order chi connectivity index (χ0) is 20.5. The molecule has 0 bridgehead atoms. The van der Waals surface area contributed by atoms with Gasteiger partial charge in [-0.1, -0.05) is 17.7 Å². The van der Waals surface area contributed by atoms with E-state index in [2.05, 4.69) is 10.3 Å². The predicted molar refractivity (Wildman–Crippen MR) is 108 cm³/mol. The summed E-state index contributed by atoms with van der Waals surface area (Å²) in [5, 5.41) is 5.32. The SMILES string of the molecule is C[C@H](NC(=O)OC(C)(C)C)c1nc2cccc(Cl)c2c(=O)n1N1CCOCC1. The van der Waals surface area contributed by atoms with Crippen molar-refractivity contribution in [3.8, 4) is 0 Å². The van der Waals surface area contributed by atoms with Gasteiger partial charge in [0.2, 0.25) is 0 Å². The molecule has 2 aromatic rings. The molecule has 0 radical (unpaired) electrons. The molecule has 28 heavy (non-hydrogen) atoms. The molecule has 1 aliphatic heterocycles. The van der Waals surface area contributed by atoms with Crippen LogP contribution in [0.5, 0.6) is 0 Å². The van der Waals surface area contributed by atoms with Crippen molar-refractivity contribution in [1.82, 2.24) is 15.0 Å². The molecule has 1 aliphatic rings. The van der Waals surface area contributed by atoms with Gasteiger partial charge < -0.3 is 19.8 Å². The minimum atomic E-state index is -0.627. The molecule has 0 unspecified atom stereocenters. The largest absolute Gasteiger partial charge is 0.444 e. The lowest BCUT2D eigenvalue weighted by Crippen LogP contribution is -2.51. The van der Waals surface area contributed by atoms with Crippen molar-refractivity contribution in [3.05, 3.63) is 39.4 Å². The Bertz CT molecular complexity index is 932. The van der Waals surface area contributed by atoms with Crippen LogP contribution < -0.4 is 15.9 Å². The van der Waals surface area contributed by atoms with E-state index in [1.165, 1.54) is 4.68 Å². The molecule has 3 rings (SSSR count). The van der Waals surface area contributed by atoms with Crippen LogP contribution in [-0.2, 0) is 9.47 Å². The Hall–Kier alpha value is -2.32. The number of benzene rings is 1. The number of hydrogen-bond acceptors (Lipinski definition) is 6. The normalized spacial score (nSPS) is 16.1. The summed E-state index contributed by atoms with van der Waals surface area (Å²) < 4.78 is 12.2. The Morgan fingerprint density at radius 1 is 1.32 bits per heavy atom. The Labute approximate surface area is 168 Å². The monoisotopic (exact) mass is 408 g/mol.